The van der Waals surface area contributed by atoms with Gasteiger partial charge in [-0.15, -0.1) is 0 Å². The highest BCUT2D eigenvalue weighted by molar-refractivity contribution is 7.98. The first-order chi connectivity index (χ1) is 23.5. The number of aromatic nitrogens is 2. The van der Waals surface area contributed by atoms with Gasteiger partial charge in [-0.25, -0.2) is 4.39 Å². The average Bonchev–Trinajstić information content (AvgIpc) is 3.60. The molecular weight excluding hydrogens is 653 g/mol. The molecule has 0 bridgehead atoms. The normalized spacial score (nSPS) is 16.0. The van der Waals surface area contributed by atoms with Gasteiger partial charge >= 0.3 is 6.18 Å². The summed E-state index contributed by atoms with van der Waals surface area (Å²) >= 11 is 1.38. The molecule has 0 radical (unpaired) electrons. The van der Waals surface area contributed by atoms with Gasteiger partial charge in [-0.05, 0) is 112 Å². The number of amides is 1. The first-order valence-corrected chi connectivity index (χ1v) is 17.7. The second kappa shape index (κ2) is 14.9. The number of rotatable bonds is 10. The maximum atomic E-state index is 14.6. The third kappa shape index (κ3) is 8.10. The van der Waals surface area contributed by atoms with E-state index < -0.39 is 17.8 Å². The van der Waals surface area contributed by atoms with Gasteiger partial charge in [0.2, 0.25) is 5.91 Å². The molecule has 0 spiro atoms. The third-order valence-corrected chi connectivity index (χ3v) is 10.8. The number of alkyl halides is 3. The van der Waals surface area contributed by atoms with Crippen molar-refractivity contribution in [2.75, 3.05) is 27.2 Å². The number of benzene rings is 3. The Hall–Kier alpha value is -3.96. The van der Waals surface area contributed by atoms with Crippen LogP contribution in [0.3, 0.4) is 0 Å². The number of nitrogens with zero attached hydrogens (tertiary/aromatic N) is 4. The quantitative estimate of drug-likeness (QED) is 0.0975. The minimum Gasteiger partial charge on any atom is -0.341 e. The van der Waals surface area contributed by atoms with Gasteiger partial charge in [-0.2, -0.15) is 18.2 Å². The van der Waals surface area contributed by atoms with E-state index in [0.29, 0.717) is 47.7 Å². The molecule has 1 unspecified atom stereocenters. The second-order valence-electron chi connectivity index (χ2n) is 13.1. The van der Waals surface area contributed by atoms with Gasteiger partial charge in [0.1, 0.15) is 11.9 Å². The molecule has 1 amide bonds. The molecule has 1 saturated heterocycles. The average molecular weight is 693 g/mol. The van der Waals surface area contributed by atoms with E-state index in [1.54, 1.807) is 12.1 Å². The molecule has 6 rings (SSSR count). The zero-order chi connectivity index (χ0) is 34.7. The van der Waals surface area contributed by atoms with Crippen LogP contribution in [0.25, 0.3) is 11.1 Å². The van der Waals surface area contributed by atoms with Crippen LogP contribution >= 0.6 is 11.8 Å². The molecule has 1 fully saturated rings. The zero-order valence-electron chi connectivity index (χ0n) is 27.7. The van der Waals surface area contributed by atoms with Gasteiger partial charge in [0.15, 0.2) is 5.16 Å². The molecule has 49 heavy (non-hydrogen) atoms. The highest BCUT2D eigenvalue weighted by Gasteiger charge is 2.34. The lowest BCUT2D eigenvalue weighted by atomic mass is 9.98. The van der Waals surface area contributed by atoms with Crippen molar-refractivity contribution in [3.63, 3.8) is 0 Å². The summed E-state index contributed by atoms with van der Waals surface area (Å²) in [5, 5.41) is 0.489. The first-order valence-electron chi connectivity index (χ1n) is 16.7. The molecule has 1 aromatic heterocycles. The molecule has 2 heterocycles. The van der Waals surface area contributed by atoms with E-state index in [2.05, 4.69) is 16.9 Å². The summed E-state index contributed by atoms with van der Waals surface area (Å²) in [5.74, 6) is 0.123. The van der Waals surface area contributed by atoms with Crippen molar-refractivity contribution >= 4 is 17.7 Å². The molecule has 4 aromatic rings. The van der Waals surface area contributed by atoms with Crippen molar-refractivity contribution < 1.29 is 22.4 Å². The van der Waals surface area contributed by atoms with Gasteiger partial charge in [-0.1, -0.05) is 60.3 Å². The number of fused-ring (bicyclic) bond motifs is 1. The van der Waals surface area contributed by atoms with Gasteiger partial charge < -0.3 is 14.4 Å². The van der Waals surface area contributed by atoms with Crippen molar-refractivity contribution in [1.82, 2.24) is 19.4 Å². The van der Waals surface area contributed by atoms with Gasteiger partial charge in [0.05, 0.1) is 5.56 Å². The number of halogens is 4. The Labute approximate surface area is 288 Å². The minimum absolute atomic E-state index is 0.0147. The van der Waals surface area contributed by atoms with Crippen LogP contribution < -0.4 is 5.56 Å². The summed E-state index contributed by atoms with van der Waals surface area (Å²) in [6, 6.07) is 18.5. The van der Waals surface area contributed by atoms with Crippen molar-refractivity contribution in [3.8, 4) is 11.1 Å². The van der Waals surface area contributed by atoms with Crippen molar-refractivity contribution in [2.45, 2.75) is 74.1 Å². The number of carbonyl (C=O) groups excluding carboxylic acids is 1. The van der Waals surface area contributed by atoms with Crippen molar-refractivity contribution in [3.05, 3.63) is 117 Å². The maximum Gasteiger partial charge on any atom is 0.416 e. The number of hydrogen-bond acceptors (Lipinski definition) is 5. The Balaban J connectivity index is 1.30. The first kappa shape index (κ1) is 34.9. The van der Waals surface area contributed by atoms with Crippen LogP contribution in [-0.2, 0) is 36.0 Å². The number of likely N-dealkylation sites (tertiary alicyclic amines) is 1. The molecule has 11 heteroatoms. The van der Waals surface area contributed by atoms with Crippen molar-refractivity contribution in [1.29, 1.82) is 0 Å². The smallest absolute Gasteiger partial charge is 0.341 e. The number of hydrogen-bond donors (Lipinski definition) is 0. The van der Waals surface area contributed by atoms with Crippen LogP contribution in [0.4, 0.5) is 17.6 Å². The summed E-state index contributed by atoms with van der Waals surface area (Å²) in [5.41, 5.74) is 3.96. The summed E-state index contributed by atoms with van der Waals surface area (Å²) in [6.07, 6.45) is 0.522. The Bertz CT molecular complexity index is 1820. The molecule has 3 aromatic carbocycles. The van der Waals surface area contributed by atoms with E-state index in [1.165, 1.54) is 36.0 Å². The van der Waals surface area contributed by atoms with Crippen LogP contribution in [0.2, 0.25) is 0 Å². The highest BCUT2D eigenvalue weighted by Crippen LogP contribution is 2.34. The topological polar surface area (TPSA) is 58.4 Å². The fraction of sp³-hybridized carbons (Fsp3) is 0.395. The molecule has 6 nitrogen and oxygen atoms in total. The maximum absolute atomic E-state index is 14.6. The van der Waals surface area contributed by atoms with Crippen LogP contribution in [0.5, 0.6) is 0 Å². The standard InChI is InChI=1S/C38H40F4N4O2S/c1-44-22-20-31(21-23-44)45(2)36(48)34(19-10-25-6-11-27(12-7-25)28-13-15-29(16-14-28)38(40,41)42)46-33-5-3-4-32(33)35(47)43-37(46)49-24-26-8-17-30(39)18-9-26/h6-9,11-18,31,34H,3-5,10,19-24H2,1-2H3. The third-order valence-electron chi connectivity index (χ3n) is 9.81. The summed E-state index contributed by atoms with van der Waals surface area (Å²) in [4.78, 5) is 36.5. The Morgan fingerprint density at radius 1 is 0.939 bits per heavy atom. The number of aryl methyl sites for hydroxylation is 1. The zero-order valence-corrected chi connectivity index (χ0v) is 28.5. The lowest BCUT2D eigenvalue weighted by Gasteiger charge is -2.37. The highest BCUT2D eigenvalue weighted by atomic mass is 32.2. The van der Waals surface area contributed by atoms with Gasteiger partial charge in [-0.3, -0.25) is 9.59 Å². The van der Waals surface area contributed by atoms with E-state index in [9.17, 15) is 27.2 Å². The van der Waals surface area contributed by atoms with E-state index in [0.717, 1.165) is 66.9 Å². The molecule has 1 atom stereocenters. The Morgan fingerprint density at radius 2 is 1.55 bits per heavy atom. The SMILES string of the molecule is CN1CCC(N(C)C(=O)C(CCc2ccc(-c3ccc(C(F)(F)F)cc3)cc2)n2c(SCc3ccc(F)cc3)nc(=O)c3c2CCC3)CC1. The van der Waals surface area contributed by atoms with Crippen LogP contribution in [0.1, 0.15) is 59.7 Å². The predicted octanol–water partition coefficient (Wildman–Crippen LogP) is 7.58. The predicted molar refractivity (Wildman–Crippen MR) is 184 cm³/mol. The largest absolute Gasteiger partial charge is 0.416 e. The number of piperidine rings is 1. The number of likely N-dealkylation sites (N-methyl/N-ethyl adjacent to an activating group) is 1. The molecule has 0 saturated carbocycles. The summed E-state index contributed by atoms with van der Waals surface area (Å²) in [7, 11) is 3.97. The van der Waals surface area contributed by atoms with Crippen LogP contribution in [0, 0.1) is 5.82 Å². The number of thioether (sulfide) groups is 1. The molecule has 2 aliphatic rings. The minimum atomic E-state index is -4.39. The van der Waals surface area contributed by atoms with E-state index in [-0.39, 0.29) is 23.3 Å². The molecule has 258 valence electrons. The molecular formula is C38H40F4N4O2S. The van der Waals surface area contributed by atoms with E-state index in [1.807, 2.05) is 40.8 Å². The Morgan fingerprint density at radius 3 is 2.18 bits per heavy atom. The monoisotopic (exact) mass is 692 g/mol. The fourth-order valence-corrected chi connectivity index (χ4v) is 7.89. The second-order valence-corrected chi connectivity index (χ2v) is 14.0. The summed E-state index contributed by atoms with van der Waals surface area (Å²) in [6.45, 7) is 1.82. The van der Waals surface area contributed by atoms with E-state index >= 15 is 0 Å². The lowest BCUT2D eigenvalue weighted by molar-refractivity contribution is -0.138. The van der Waals surface area contributed by atoms with Crippen LogP contribution in [-0.4, -0.2) is 58.5 Å². The van der Waals surface area contributed by atoms with Gasteiger partial charge in [0.25, 0.3) is 5.56 Å². The molecule has 1 aliphatic heterocycles. The van der Waals surface area contributed by atoms with Crippen LogP contribution in [0.15, 0.2) is 82.7 Å². The lowest BCUT2D eigenvalue weighted by Crippen LogP contribution is -2.47. The van der Waals surface area contributed by atoms with E-state index in [4.69, 9.17) is 0 Å². The fourth-order valence-electron chi connectivity index (χ4n) is 6.88. The molecule has 0 N–H and O–H groups in total. The Kier molecular flexibility index (Phi) is 10.6. The molecule has 1 aliphatic carbocycles. The van der Waals surface area contributed by atoms with Crippen molar-refractivity contribution in [2.24, 2.45) is 0 Å². The number of carbonyl (C=O) groups is 1. The summed E-state index contributed by atoms with van der Waals surface area (Å²) < 4.78 is 54.8. The van der Waals surface area contributed by atoms with Gasteiger partial charge in [0, 0.05) is 30.1 Å².